The van der Waals surface area contributed by atoms with Crippen LogP contribution in [0.2, 0.25) is 0 Å². The Bertz CT molecular complexity index is 498. The number of guanidine groups is 1. The third kappa shape index (κ3) is 11.3. The van der Waals surface area contributed by atoms with Gasteiger partial charge in [-0.15, -0.1) is 24.0 Å². The van der Waals surface area contributed by atoms with E-state index in [0.29, 0.717) is 18.0 Å². The standard InChI is InChI=1S/C21H43N5O2.HI/c1-16(2)26(17(3)4)13-11-23-19(22-8)24-14-18-10-9-12-25(15-18)20(27)28-21(5,6)7;/h16-18H,9-15H2,1-8H3,(H2,22,23,24);1H. The topological polar surface area (TPSA) is 69.2 Å². The van der Waals surface area contributed by atoms with Gasteiger partial charge in [0.15, 0.2) is 5.96 Å². The van der Waals surface area contributed by atoms with Gasteiger partial charge in [-0.25, -0.2) is 4.79 Å². The highest BCUT2D eigenvalue weighted by molar-refractivity contribution is 14.0. The molecule has 0 aromatic carbocycles. The summed E-state index contributed by atoms with van der Waals surface area (Å²) >= 11 is 0. The lowest BCUT2D eigenvalue weighted by atomic mass is 9.98. The van der Waals surface area contributed by atoms with Crippen molar-refractivity contribution < 1.29 is 9.53 Å². The summed E-state index contributed by atoms with van der Waals surface area (Å²) in [5.74, 6) is 1.23. The van der Waals surface area contributed by atoms with Crippen molar-refractivity contribution >= 4 is 36.0 Å². The Labute approximate surface area is 195 Å². The number of amides is 1. The minimum atomic E-state index is -0.450. The third-order valence-electron chi connectivity index (χ3n) is 4.94. The van der Waals surface area contributed by atoms with E-state index in [-0.39, 0.29) is 30.1 Å². The fourth-order valence-corrected chi connectivity index (χ4v) is 3.60. The maximum absolute atomic E-state index is 12.3. The highest BCUT2D eigenvalue weighted by Gasteiger charge is 2.27. The number of hydrogen-bond acceptors (Lipinski definition) is 4. The summed E-state index contributed by atoms with van der Waals surface area (Å²) in [5.41, 5.74) is -0.450. The molecular formula is C21H44IN5O2. The van der Waals surface area contributed by atoms with Crippen LogP contribution >= 0.6 is 24.0 Å². The number of aliphatic imine (C=N–C) groups is 1. The Hall–Kier alpha value is -0.770. The van der Waals surface area contributed by atoms with Gasteiger partial charge in [0.2, 0.25) is 0 Å². The molecule has 0 saturated carbocycles. The molecule has 29 heavy (non-hydrogen) atoms. The Morgan fingerprint density at radius 3 is 2.34 bits per heavy atom. The summed E-state index contributed by atoms with van der Waals surface area (Å²) in [6.07, 6.45) is 1.91. The molecule has 1 heterocycles. The van der Waals surface area contributed by atoms with Gasteiger partial charge in [-0.3, -0.25) is 9.89 Å². The number of piperidine rings is 1. The zero-order valence-electron chi connectivity index (χ0n) is 19.7. The number of halogens is 1. The molecule has 0 radical (unpaired) electrons. The van der Waals surface area contributed by atoms with Crippen LogP contribution in [0.15, 0.2) is 4.99 Å². The number of ether oxygens (including phenoxy) is 1. The molecule has 0 spiro atoms. The van der Waals surface area contributed by atoms with Crippen molar-refractivity contribution in [3.8, 4) is 0 Å². The SMILES string of the molecule is CN=C(NCCN(C(C)C)C(C)C)NCC1CCCN(C(=O)OC(C)(C)C)C1.I. The van der Waals surface area contributed by atoms with Crippen LogP contribution in [0.4, 0.5) is 4.79 Å². The molecule has 1 aliphatic rings. The Morgan fingerprint density at radius 2 is 1.83 bits per heavy atom. The van der Waals surface area contributed by atoms with E-state index >= 15 is 0 Å². The molecule has 0 aromatic heterocycles. The number of rotatable bonds is 7. The lowest BCUT2D eigenvalue weighted by Gasteiger charge is -2.34. The summed E-state index contributed by atoms with van der Waals surface area (Å²) in [4.78, 5) is 20.9. The van der Waals surface area contributed by atoms with Gasteiger partial charge >= 0.3 is 6.09 Å². The molecule has 1 atom stereocenters. The molecule has 1 fully saturated rings. The number of likely N-dealkylation sites (tertiary alicyclic amines) is 1. The van der Waals surface area contributed by atoms with E-state index in [4.69, 9.17) is 4.74 Å². The van der Waals surface area contributed by atoms with Crippen LogP contribution in [0.5, 0.6) is 0 Å². The molecule has 7 nitrogen and oxygen atoms in total. The molecule has 1 saturated heterocycles. The molecule has 2 N–H and O–H groups in total. The van der Waals surface area contributed by atoms with Crippen LogP contribution < -0.4 is 10.6 Å². The highest BCUT2D eigenvalue weighted by atomic mass is 127. The van der Waals surface area contributed by atoms with Gasteiger partial charge < -0.3 is 20.3 Å². The molecule has 1 amide bonds. The summed E-state index contributed by atoms with van der Waals surface area (Å²) in [5, 5.41) is 6.83. The van der Waals surface area contributed by atoms with Crippen LogP contribution in [-0.2, 0) is 4.74 Å². The second-order valence-corrected chi connectivity index (χ2v) is 9.24. The maximum atomic E-state index is 12.3. The van der Waals surface area contributed by atoms with Crippen molar-refractivity contribution in [2.45, 2.75) is 79.0 Å². The zero-order chi connectivity index (χ0) is 21.3. The first-order chi connectivity index (χ1) is 13.0. The number of nitrogens with one attached hydrogen (secondary N) is 2. The minimum Gasteiger partial charge on any atom is -0.444 e. The predicted octanol–water partition coefficient (Wildman–Crippen LogP) is 3.54. The molecule has 1 rings (SSSR count). The summed E-state index contributed by atoms with van der Waals surface area (Å²) in [7, 11) is 1.80. The fraction of sp³-hybridized carbons (Fsp3) is 0.905. The highest BCUT2D eigenvalue weighted by Crippen LogP contribution is 2.18. The van der Waals surface area contributed by atoms with E-state index in [1.807, 2.05) is 25.7 Å². The zero-order valence-corrected chi connectivity index (χ0v) is 22.1. The minimum absolute atomic E-state index is 0. The maximum Gasteiger partial charge on any atom is 0.410 e. The van der Waals surface area contributed by atoms with Gasteiger partial charge in [-0.2, -0.15) is 0 Å². The number of nitrogens with zero attached hydrogens (tertiary/aromatic N) is 3. The summed E-state index contributed by atoms with van der Waals surface area (Å²) < 4.78 is 5.51. The van der Waals surface area contributed by atoms with Gasteiger partial charge in [0.1, 0.15) is 5.60 Å². The van der Waals surface area contributed by atoms with E-state index in [9.17, 15) is 4.79 Å². The van der Waals surface area contributed by atoms with E-state index < -0.39 is 5.60 Å². The van der Waals surface area contributed by atoms with E-state index in [2.05, 4.69) is 48.2 Å². The van der Waals surface area contributed by atoms with Gasteiger partial charge in [0.05, 0.1) is 0 Å². The second kappa shape index (κ2) is 13.5. The normalized spacial score (nSPS) is 18.1. The number of carbonyl (C=O) groups excluding carboxylic acids is 1. The van der Waals surface area contributed by atoms with Crippen LogP contribution in [0.25, 0.3) is 0 Å². The molecule has 0 aromatic rings. The fourth-order valence-electron chi connectivity index (χ4n) is 3.60. The molecule has 8 heteroatoms. The summed E-state index contributed by atoms with van der Waals surface area (Å²) in [6.45, 7) is 18.8. The van der Waals surface area contributed by atoms with Crippen molar-refractivity contribution in [1.29, 1.82) is 0 Å². The van der Waals surface area contributed by atoms with Crippen molar-refractivity contribution in [3.05, 3.63) is 0 Å². The Morgan fingerprint density at radius 1 is 1.21 bits per heavy atom. The van der Waals surface area contributed by atoms with Gasteiger partial charge in [0, 0.05) is 51.9 Å². The first-order valence-corrected chi connectivity index (χ1v) is 10.7. The number of carbonyl (C=O) groups is 1. The second-order valence-electron chi connectivity index (χ2n) is 9.24. The van der Waals surface area contributed by atoms with Crippen LogP contribution in [0.3, 0.4) is 0 Å². The number of hydrogen-bond donors (Lipinski definition) is 2. The molecule has 0 aliphatic carbocycles. The van der Waals surface area contributed by atoms with Crippen molar-refractivity contribution in [2.24, 2.45) is 10.9 Å². The third-order valence-corrected chi connectivity index (χ3v) is 4.94. The van der Waals surface area contributed by atoms with E-state index in [1.54, 1.807) is 7.05 Å². The van der Waals surface area contributed by atoms with Gasteiger partial charge in [0.25, 0.3) is 0 Å². The molecular weight excluding hydrogens is 481 g/mol. The molecule has 0 bridgehead atoms. The monoisotopic (exact) mass is 525 g/mol. The average Bonchev–Trinajstić information content (AvgIpc) is 2.59. The van der Waals surface area contributed by atoms with Crippen LogP contribution in [-0.4, -0.2) is 79.3 Å². The molecule has 1 unspecified atom stereocenters. The van der Waals surface area contributed by atoms with Gasteiger partial charge in [-0.1, -0.05) is 0 Å². The summed E-state index contributed by atoms with van der Waals surface area (Å²) in [6, 6.07) is 1.05. The van der Waals surface area contributed by atoms with Crippen LogP contribution in [0, 0.1) is 5.92 Å². The lowest BCUT2D eigenvalue weighted by Crippen LogP contribution is -2.48. The molecule has 1 aliphatic heterocycles. The smallest absolute Gasteiger partial charge is 0.410 e. The largest absolute Gasteiger partial charge is 0.444 e. The first kappa shape index (κ1) is 28.2. The predicted molar refractivity (Wildman–Crippen MR) is 132 cm³/mol. The van der Waals surface area contributed by atoms with Crippen molar-refractivity contribution in [1.82, 2.24) is 20.4 Å². The lowest BCUT2D eigenvalue weighted by molar-refractivity contribution is 0.0168. The Balaban J connectivity index is 0.00000784. The van der Waals surface area contributed by atoms with Crippen molar-refractivity contribution in [3.63, 3.8) is 0 Å². The van der Waals surface area contributed by atoms with E-state index in [0.717, 1.165) is 51.5 Å². The van der Waals surface area contributed by atoms with E-state index in [1.165, 1.54) is 0 Å². The quantitative estimate of drug-likeness (QED) is 0.303. The Kier molecular flexibility index (Phi) is 13.2. The van der Waals surface area contributed by atoms with Crippen molar-refractivity contribution in [2.75, 3.05) is 39.8 Å². The molecule has 172 valence electrons. The average molecular weight is 526 g/mol. The van der Waals surface area contributed by atoms with Gasteiger partial charge in [-0.05, 0) is 67.2 Å². The van der Waals surface area contributed by atoms with Crippen LogP contribution in [0.1, 0.15) is 61.3 Å². The first-order valence-electron chi connectivity index (χ1n) is 10.7.